The fraction of sp³-hybridized carbons (Fsp3) is 0.278. The zero-order valence-electron chi connectivity index (χ0n) is 15.5. The first-order chi connectivity index (χ1) is 14.4. The van der Waals surface area contributed by atoms with E-state index in [1.165, 1.54) is 58.0 Å². The quantitative estimate of drug-likeness (QED) is 0.492. The van der Waals surface area contributed by atoms with Gasteiger partial charge in [0.2, 0.25) is 0 Å². The van der Waals surface area contributed by atoms with Crippen LogP contribution in [-0.2, 0) is 9.59 Å². The summed E-state index contributed by atoms with van der Waals surface area (Å²) in [6.07, 6.45) is 0. The van der Waals surface area contributed by atoms with Gasteiger partial charge in [0.15, 0.2) is 4.34 Å². The molecule has 2 aliphatic heterocycles. The van der Waals surface area contributed by atoms with Crippen LogP contribution in [0.5, 0.6) is 0 Å². The number of aliphatic carboxylic acids is 1. The number of nitrogens with one attached hydrogen (secondary N) is 1. The second kappa shape index (κ2) is 8.36. The van der Waals surface area contributed by atoms with Crippen LogP contribution in [-0.4, -0.2) is 60.9 Å². The Balaban J connectivity index is 1.49. The van der Waals surface area contributed by atoms with E-state index in [0.29, 0.717) is 17.1 Å². The number of β-lactam (4-membered cyclic amide) rings is 1. The Hall–Kier alpha value is -2.44. The number of rotatable bonds is 6. The first-order valence-corrected chi connectivity index (χ1v) is 11.6. The molecule has 2 atom stereocenters. The maximum absolute atomic E-state index is 13.8. The van der Waals surface area contributed by atoms with Crippen LogP contribution in [0.25, 0.3) is 0 Å². The Morgan fingerprint density at radius 2 is 2.13 bits per heavy atom. The minimum atomic E-state index is -1.20. The van der Waals surface area contributed by atoms with Gasteiger partial charge in [-0.1, -0.05) is 35.2 Å². The highest BCUT2D eigenvalue weighted by Gasteiger charge is 2.54. The number of carboxylic acid groups (broad SMARTS) is 1. The molecule has 0 aliphatic carbocycles. The van der Waals surface area contributed by atoms with Gasteiger partial charge in [-0.15, -0.1) is 22.0 Å². The molecule has 0 unspecified atom stereocenters. The van der Waals surface area contributed by atoms with E-state index in [9.17, 15) is 23.9 Å². The van der Waals surface area contributed by atoms with Gasteiger partial charge in [-0.3, -0.25) is 14.5 Å². The van der Waals surface area contributed by atoms with Crippen molar-refractivity contribution >= 4 is 52.6 Å². The van der Waals surface area contributed by atoms with Crippen molar-refractivity contribution in [2.24, 2.45) is 0 Å². The second-order valence-electron chi connectivity index (χ2n) is 6.47. The number of aromatic nitrogens is 2. The van der Waals surface area contributed by atoms with E-state index in [-0.39, 0.29) is 11.3 Å². The van der Waals surface area contributed by atoms with Crippen LogP contribution in [0.2, 0.25) is 0 Å². The van der Waals surface area contributed by atoms with Gasteiger partial charge >= 0.3 is 5.97 Å². The summed E-state index contributed by atoms with van der Waals surface area (Å²) in [5.74, 6) is -2.35. The predicted octanol–water partition coefficient (Wildman–Crippen LogP) is 2.13. The Kier molecular flexibility index (Phi) is 5.80. The molecular weight excluding hydrogens is 451 g/mol. The van der Waals surface area contributed by atoms with Crippen molar-refractivity contribution in [3.8, 4) is 0 Å². The highest BCUT2D eigenvalue weighted by molar-refractivity contribution is 8.01. The summed E-state index contributed by atoms with van der Waals surface area (Å²) >= 11 is 4.15. The van der Waals surface area contributed by atoms with E-state index >= 15 is 0 Å². The molecule has 1 fully saturated rings. The van der Waals surface area contributed by atoms with E-state index in [1.54, 1.807) is 0 Å². The van der Waals surface area contributed by atoms with Gasteiger partial charge in [0, 0.05) is 11.5 Å². The fourth-order valence-corrected chi connectivity index (χ4v) is 6.44. The van der Waals surface area contributed by atoms with Crippen molar-refractivity contribution in [2.45, 2.75) is 22.7 Å². The molecule has 30 heavy (non-hydrogen) atoms. The molecule has 1 aromatic heterocycles. The Morgan fingerprint density at radius 1 is 1.37 bits per heavy atom. The van der Waals surface area contributed by atoms with Crippen molar-refractivity contribution < 1.29 is 23.9 Å². The predicted molar refractivity (Wildman–Crippen MR) is 111 cm³/mol. The van der Waals surface area contributed by atoms with Crippen LogP contribution in [0.1, 0.15) is 15.4 Å². The lowest BCUT2D eigenvalue weighted by Gasteiger charge is -2.49. The van der Waals surface area contributed by atoms with E-state index < -0.39 is 35.0 Å². The van der Waals surface area contributed by atoms with Gasteiger partial charge in [0.1, 0.15) is 27.9 Å². The van der Waals surface area contributed by atoms with Gasteiger partial charge in [0.25, 0.3) is 11.8 Å². The smallest absolute Gasteiger partial charge is 0.352 e. The van der Waals surface area contributed by atoms with Crippen LogP contribution in [0.4, 0.5) is 4.39 Å². The molecule has 0 radical (unpaired) electrons. The highest BCUT2D eigenvalue weighted by Crippen LogP contribution is 2.41. The number of hydrogen-bond donors (Lipinski definition) is 2. The normalized spacial score (nSPS) is 20.6. The molecule has 156 valence electrons. The van der Waals surface area contributed by atoms with Crippen molar-refractivity contribution in [1.29, 1.82) is 0 Å². The Bertz CT molecular complexity index is 1070. The lowest BCUT2D eigenvalue weighted by Crippen LogP contribution is -2.70. The molecule has 0 spiro atoms. The van der Waals surface area contributed by atoms with Gasteiger partial charge in [0.05, 0.1) is 5.56 Å². The van der Waals surface area contributed by atoms with E-state index in [4.69, 9.17) is 0 Å². The number of thioether (sulfide) groups is 2. The minimum Gasteiger partial charge on any atom is -0.477 e. The third-order valence-electron chi connectivity index (χ3n) is 4.53. The number of carbonyl (C=O) groups excluding carboxylic acids is 2. The number of benzene rings is 1. The SMILES string of the molecule is Cc1nnc(SCC2=C(C(=O)O)N3C(=O)[C@@H](NC(=O)c4ccccc4F)[C@H]3SC2)s1. The average molecular weight is 467 g/mol. The van der Waals surface area contributed by atoms with Crippen LogP contribution >= 0.6 is 34.9 Å². The van der Waals surface area contributed by atoms with Crippen LogP contribution < -0.4 is 5.32 Å². The fourth-order valence-electron chi connectivity index (χ4n) is 3.14. The Labute approximate surface area is 182 Å². The molecule has 1 saturated heterocycles. The molecule has 3 heterocycles. The van der Waals surface area contributed by atoms with Gasteiger partial charge < -0.3 is 10.4 Å². The molecular formula is C18H15FN4O4S3. The summed E-state index contributed by atoms with van der Waals surface area (Å²) < 4.78 is 14.6. The first-order valence-electron chi connectivity index (χ1n) is 8.75. The highest BCUT2D eigenvalue weighted by atomic mass is 32.2. The third-order valence-corrected chi connectivity index (χ3v) is 7.93. The second-order valence-corrected chi connectivity index (χ2v) is 9.98. The summed E-state index contributed by atoms with van der Waals surface area (Å²) in [5, 5.41) is 20.4. The van der Waals surface area contributed by atoms with Gasteiger partial charge in [-0.2, -0.15) is 0 Å². The molecule has 4 rings (SSSR count). The molecule has 2 aliphatic rings. The van der Waals surface area contributed by atoms with Gasteiger partial charge in [-0.05, 0) is 24.6 Å². The maximum atomic E-state index is 13.8. The summed E-state index contributed by atoms with van der Waals surface area (Å²) in [6, 6.07) is 4.57. The molecule has 8 nitrogen and oxygen atoms in total. The number of carbonyl (C=O) groups is 3. The Morgan fingerprint density at radius 3 is 2.80 bits per heavy atom. The summed E-state index contributed by atoms with van der Waals surface area (Å²) in [6.45, 7) is 1.83. The standard InChI is InChI=1S/C18H15FN4O4S3/c1-8-21-22-18(30-8)29-7-9-6-28-16-12(15(25)23(16)13(9)17(26)27)20-14(24)10-4-2-3-5-11(10)19/h2-5,12,16H,6-7H2,1H3,(H,20,24)(H,26,27)/t12-,16-/m1/s1. The van der Waals surface area contributed by atoms with Crippen molar-refractivity contribution in [3.63, 3.8) is 0 Å². The zero-order valence-corrected chi connectivity index (χ0v) is 17.9. The van der Waals surface area contributed by atoms with E-state index in [2.05, 4.69) is 15.5 Å². The minimum absolute atomic E-state index is 0.0612. The molecule has 0 bridgehead atoms. The average Bonchev–Trinajstić information content (AvgIpc) is 3.14. The van der Waals surface area contributed by atoms with Crippen LogP contribution in [0.3, 0.4) is 0 Å². The first kappa shape index (κ1) is 20.8. The lowest BCUT2D eigenvalue weighted by molar-refractivity contribution is -0.148. The topological polar surface area (TPSA) is 112 Å². The van der Waals surface area contributed by atoms with Crippen LogP contribution in [0, 0.1) is 12.7 Å². The molecule has 2 aromatic rings. The number of halogens is 1. The molecule has 2 amide bonds. The maximum Gasteiger partial charge on any atom is 0.352 e. The number of hydrogen-bond acceptors (Lipinski definition) is 8. The van der Waals surface area contributed by atoms with E-state index in [0.717, 1.165) is 15.4 Å². The lowest BCUT2D eigenvalue weighted by atomic mass is 10.0. The monoisotopic (exact) mass is 466 g/mol. The molecule has 0 saturated carbocycles. The largest absolute Gasteiger partial charge is 0.477 e. The molecule has 12 heteroatoms. The summed E-state index contributed by atoms with van der Waals surface area (Å²) in [5.41, 5.74) is 0.380. The molecule has 1 aromatic carbocycles. The third kappa shape index (κ3) is 3.82. The number of nitrogens with zero attached hydrogens (tertiary/aromatic N) is 3. The summed E-state index contributed by atoms with van der Waals surface area (Å²) in [4.78, 5) is 38.1. The zero-order chi connectivity index (χ0) is 21.4. The van der Waals surface area contributed by atoms with Gasteiger partial charge in [-0.25, -0.2) is 9.18 Å². The number of fused-ring (bicyclic) bond motifs is 1. The van der Waals surface area contributed by atoms with Crippen molar-refractivity contribution in [1.82, 2.24) is 20.4 Å². The van der Waals surface area contributed by atoms with Crippen molar-refractivity contribution in [3.05, 3.63) is 51.9 Å². The number of amides is 2. The van der Waals surface area contributed by atoms with Crippen LogP contribution in [0.15, 0.2) is 39.9 Å². The summed E-state index contributed by atoms with van der Waals surface area (Å²) in [7, 11) is 0. The molecule has 2 N–H and O–H groups in total. The number of carboxylic acids is 1. The number of aryl methyl sites for hydroxylation is 1. The van der Waals surface area contributed by atoms with E-state index in [1.807, 2.05) is 6.92 Å². The van der Waals surface area contributed by atoms with Crippen molar-refractivity contribution in [2.75, 3.05) is 11.5 Å².